The van der Waals surface area contributed by atoms with E-state index in [1.807, 2.05) is 12.3 Å². The molecule has 5 heteroatoms. The van der Waals surface area contributed by atoms with Crippen molar-refractivity contribution in [3.05, 3.63) is 35.2 Å². The molecule has 0 amide bonds. The summed E-state index contributed by atoms with van der Waals surface area (Å²) in [4.78, 5) is 17.1. The van der Waals surface area contributed by atoms with Gasteiger partial charge in [-0.05, 0) is 69.6 Å². The highest BCUT2D eigenvalue weighted by molar-refractivity contribution is 5.60. The van der Waals surface area contributed by atoms with Crippen molar-refractivity contribution in [3.63, 3.8) is 0 Å². The maximum absolute atomic E-state index is 6.13. The van der Waals surface area contributed by atoms with Crippen LogP contribution < -0.4 is 4.90 Å². The van der Waals surface area contributed by atoms with Crippen LogP contribution in [0, 0.1) is 6.92 Å². The molecule has 2 aliphatic carbocycles. The molecule has 0 unspecified atom stereocenters. The fraction of sp³-hybridized carbons (Fsp3) is 0.571. The molecule has 0 radical (unpaired) electrons. The van der Waals surface area contributed by atoms with Gasteiger partial charge >= 0.3 is 0 Å². The Bertz CT molecular complexity index is 822. The quantitative estimate of drug-likeness (QED) is 0.830. The number of ether oxygens (including phenoxy) is 1. The van der Waals surface area contributed by atoms with Crippen molar-refractivity contribution in [1.82, 2.24) is 15.0 Å². The van der Waals surface area contributed by atoms with E-state index in [1.165, 1.54) is 42.5 Å². The first-order chi connectivity index (χ1) is 12.8. The van der Waals surface area contributed by atoms with Crippen LogP contribution >= 0.6 is 0 Å². The SMILES string of the molecule is Cc1ccnc(-c2nc3c(c(N4CCCO[C@H]5CCC[C@@H]54)n2)CCC3)c1. The molecule has 3 aliphatic rings. The van der Waals surface area contributed by atoms with Crippen molar-refractivity contribution < 1.29 is 4.74 Å². The number of nitrogens with zero attached hydrogens (tertiary/aromatic N) is 4. The Labute approximate surface area is 154 Å². The maximum atomic E-state index is 6.13. The van der Waals surface area contributed by atoms with E-state index in [1.54, 1.807) is 0 Å². The molecule has 136 valence electrons. The molecule has 2 atom stereocenters. The number of aryl methyl sites for hydroxylation is 2. The summed E-state index contributed by atoms with van der Waals surface area (Å²) >= 11 is 0. The van der Waals surface area contributed by atoms with Gasteiger partial charge in [-0.25, -0.2) is 9.97 Å². The summed E-state index contributed by atoms with van der Waals surface area (Å²) < 4.78 is 6.13. The Kier molecular flexibility index (Phi) is 4.12. The maximum Gasteiger partial charge on any atom is 0.180 e. The van der Waals surface area contributed by atoms with Crippen LogP contribution in [0.25, 0.3) is 11.5 Å². The first-order valence-corrected chi connectivity index (χ1v) is 10.0. The van der Waals surface area contributed by atoms with Crippen LogP contribution in [0.15, 0.2) is 18.3 Å². The molecule has 2 aromatic heterocycles. The number of hydrogen-bond donors (Lipinski definition) is 0. The van der Waals surface area contributed by atoms with Gasteiger partial charge in [0.05, 0.1) is 12.1 Å². The highest BCUT2D eigenvalue weighted by Gasteiger charge is 2.37. The zero-order valence-corrected chi connectivity index (χ0v) is 15.4. The Morgan fingerprint density at radius 2 is 2.08 bits per heavy atom. The smallest absolute Gasteiger partial charge is 0.180 e. The predicted molar refractivity (Wildman–Crippen MR) is 101 cm³/mol. The molecule has 0 N–H and O–H groups in total. The normalized spacial score (nSPS) is 25.0. The van der Waals surface area contributed by atoms with Gasteiger partial charge < -0.3 is 9.64 Å². The van der Waals surface area contributed by atoms with E-state index in [9.17, 15) is 0 Å². The van der Waals surface area contributed by atoms with Gasteiger partial charge in [-0.2, -0.15) is 0 Å². The fourth-order valence-corrected chi connectivity index (χ4v) is 4.78. The van der Waals surface area contributed by atoms with E-state index in [0.717, 1.165) is 49.8 Å². The molecule has 0 aromatic carbocycles. The number of anilines is 1. The zero-order valence-electron chi connectivity index (χ0n) is 15.4. The van der Waals surface area contributed by atoms with Crippen LogP contribution in [0.1, 0.15) is 48.9 Å². The first-order valence-electron chi connectivity index (χ1n) is 10.0. The molecule has 1 aliphatic heterocycles. The Morgan fingerprint density at radius 3 is 3.00 bits per heavy atom. The number of hydrogen-bond acceptors (Lipinski definition) is 5. The molecule has 2 aromatic rings. The minimum atomic E-state index is 0.366. The average Bonchev–Trinajstić information content (AvgIpc) is 3.27. The first kappa shape index (κ1) is 16.2. The lowest BCUT2D eigenvalue weighted by atomic mass is 10.1. The van der Waals surface area contributed by atoms with E-state index in [-0.39, 0.29) is 0 Å². The molecule has 0 spiro atoms. The highest BCUT2D eigenvalue weighted by Crippen LogP contribution is 2.37. The molecule has 1 saturated carbocycles. The average molecular weight is 350 g/mol. The van der Waals surface area contributed by atoms with Gasteiger partial charge in [-0.3, -0.25) is 4.98 Å². The van der Waals surface area contributed by atoms with E-state index in [4.69, 9.17) is 14.7 Å². The van der Waals surface area contributed by atoms with Crippen LogP contribution in [0.4, 0.5) is 5.82 Å². The molecule has 3 heterocycles. The Balaban J connectivity index is 1.61. The van der Waals surface area contributed by atoms with E-state index in [2.05, 4.69) is 22.9 Å². The number of aromatic nitrogens is 3. The van der Waals surface area contributed by atoms with Gasteiger partial charge in [-0.15, -0.1) is 0 Å². The molecular formula is C21H26N4O. The molecular weight excluding hydrogens is 324 g/mol. The van der Waals surface area contributed by atoms with E-state index >= 15 is 0 Å². The summed E-state index contributed by atoms with van der Waals surface area (Å²) in [5.41, 5.74) is 4.68. The van der Waals surface area contributed by atoms with Crippen LogP contribution in [0.2, 0.25) is 0 Å². The van der Waals surface area contributed by atoms with Crippen molar-refractivity contribution in [2.24, 2.45) is 0 Å². The Hall–Kier alpha value is -2.01. The minimum Gasteiger partial charge on any atom is -0.376 e. The summed E-state index contributed by atoms with van der Waals surface area (Å²) in [6.07, 6.45) is 10.3. The topological polar surface area (TPSA) is 51.1 Å². The lowest BCUT2D eigenvalue weighted by molar-refractivity contribution is 0.0590. The van der Waals surface area contributed by atoms with Crippen molar-refractivity contribution in [1.29, 1.82) is 0 Å². The van der Waals surface area contributed by atoms with Gasteiger partial charge in [0, 0.05) is 30.6 Å². The van der Waals surface area contributed by atoms with E-state index in [0.29, 0.717) is 12.1 Å². The summed E-state index contributed by atoms with van der Waals surface area (Å²) in [6.45, 7) is 4.00. The number of fused-ring (bicyclic) bond motifs is 2. The van der Waals surface area contributed by atoms with E-state index < -0.39 is 0 Å². The minimum absolute atomic E-state index is 0.366. The molecule has 5 nitrogen and oxygen atoms in total. The molecule has 5 rings (SSSR count). The second kappa shape index (κ2) is 6.62. The summed E-state index contributed by atoms with van der Waals surface area (Å²) in [5.74, 6) is 1.94. The number of pyridine rings is 1. The number of rotatable bonds is 2. The lowest BCUT2D eigenvalue weighted by Crippen LogP contribution is -2.41. The van der Waals surface area contributed by atoms with Crippen LogP contribution in [-0.2, 0) is 17.6 Å². The third kappa shape index (κ3) is 2.78. The summed E-state index contributed by atoms with van der Waals surface area (Å²) in [7, 11) is 0. The molecule has 1 saturated heterocycles. The standard InChI is InChI=1S/C21H26N4O/c1-14-9-10-22-17(13-14)20-23-16-6-2-5-15(16)21(24-20)25-11-4-12-26-19-8-3-7-18(19)25/h9-10,13,18-19H,2-8,11-12H2,1H3/t18-,19-/m0/s1. The Morgan fingerprint density at radius 1 is 1.12 bits per heavy atom. The highest BCUT2D eigenvalue weighted by atomic mass is 16.5. The third-order valence-corrected chi connectivity index (χ3v) is 6.02. The summed E-state index contributed by atoms with van der Waals surface area (Å²) in [5, 5.41) is 0. The van der Waals surface area contributed by atoms with Crippen molar-refractivity contribution in [2.45, 2.75) is 64.0 Å². The molecule has 2 fully saturated rings. The second-order valence-electron chi connectivity index (χ2n) is 7.82. The predicted octanol–water partition coefficient (Wildman–Crippen LogP) is 3.48. The van der Waals surface area contributed by atoms with Gasteiger partial charge in [0.25, 0.3) is 0 Å². The third-order valence-electron chi connectivity index (χ3n) is 6.02. The van der Waals surface area contributed by atoms with Crippen molar-refractivity contribution in [2.75, 3.05) is 18.1 Å². The van der Waals surface area contributed by atoms with Crippen LogP contribution in [0.5, 0.6) is 0 Å². The van der Waals surface area contributed by atoms with Crippen molar-refractivity contribution >= 4 is 5.82 Å². The second-order valence-corrected chi connectivity index (χ2v) is 7.82. The zero-order chi connectivity index (χ0) is 17.5. The fourth-order valence-electron chi connectivity index (χ4n) is 4.78. The van der Waals surface area contributed by atoms with Gasteiger partial charge in [0.15, 0.2) is 5.82 Å². The van der Waals surface area contributed by atoms with Crippen LogP contribution in [0.3, 0.4) is 0 Å². The van der Waals surface area contributed by atoms with Crippen LogP contribution in [-0.4, -0.2) is 40.2 Å². The van der Waals surface area contributed by atoms with Gasteiger partial charge in [0.1, 0.15) is 11.5 Å². The van der Waals surface area contributed by atoms with Gasteiger partial charge in [-0.1, -0.05) is 0 Å². The monoisotopic (exact) mass is 350 g/mol. The molecule has 26 heavy (non-hydrogen) atoms. The molecule has 0 bridgehead atoms. The van der Waals surface area contributed by atoms with Crippen molar-refractivity contribution in [3.8, 4) is 11.5 Å². The lowest BCUT2D eigenvalue weighted by Gasteiger charge is -2.32. The largest absolute Gasteiger partial charge is 0.376 e. The van der Waals surface area contributed by atoms with Gasteiger partial charge in [0.2, 0.25) is 0 Å². The summed E-state index contributed by atoms with van der Waals surface area (Å²) in [6, 6.07) is 4.58.